The number of ether oxygens (including phenoxy) is 1. The molecule has 2 saturated heterocycles. The van der Waals surface area contributed by atoms with E-state index in [0.29, 0.717) is 23.7 Å². The Morgan fingerprint density at radius 2 is 1.90 bits per heavy atom. The lowest BCUT2D eigenvalue weighted by atomic mass is 9.79. The van der Waals surface area contributed by atoms with Crippen molar-refractivity contribution < 1.29 is 9.53 Å². The van der Waals surface area contributed by atoms with Crippen molar-refractivity contribution in [3.8, 4) is 0 Å². The highest BCUT2D eigenvalue weighted by Gasteiger charge is 2.41. The monoisotopic (exact) mass is 316 g/mol. The first-order valence-electron chi connectivity index (χ1n) is 8.30. The van der Waals surface area contributed by atoms with E-state index in [2.05, 4.69) is 4.90 Å². The van der Waals surface area contributed by atoms with Gasteiger partial charge in [-0.1, -0.05) is 12.8 Å². The number of halogens is 1. The van der Waals surface area contributed by atoms with Gasteiger partial charge in [-0.05, 0) is 43.4 Å². The van der Waals surface area contributed by atoms with Gasteiger partial charge in [-0.2, -0.15) is 0 Å². The lowest BCUT2D eigenvalue weighted by molar-refractivity contribution is -0.132. The topological polar surface area (TPSA) is 55.6 Å². The molecule has 3 fully saturated rings. The molecule has 0 aromatic carbocycles. The van der Waals surface area contributed by atoms with Crippen LogP contribution in [0.2, 0.25) is 0 Å². The molecule has 2 aliphatic heterocycles. The second-order valence-electron chi connectivity index (χ2n) is 7.09. The molecule has 0 aromatic heterocycles. The van der Waals surface area contributed by atoms with Gasteiger partial charge in [0.1, 0.15) is 0 Å². The maximum atomic E-state index is 12.5. The number of rotatable bonds is 2. The van der Waals surface area contributed by atoms with Gasteiger partial charge >= 0.3 is 0 Å². The second kappa shape index (κ2) is 7.30. The lowest BCUT2D eigenvalue weighted by Crippen LogP contribution is -2.39. The van der Waals surface area contributed by atoms with Gasteiger partial charge in [0, 0.05) is 38.8 Å². The average molecular weight is 317 g/mol. The number of carbonyl (C=O) groups excluding carboxylic acids is 1. The SMILES string of the molecule is Cl.NC1CCCCC1CC(=O)N1CCC2(CCOCC2)C1. The molecule has 3 rings (SSSR count). The van der Waals surface area contributed by atoms with E-state index in [1.165, 1.54) is 19.3 Å². The molecule has 21 heavy (non-hydrogen) atoms. The number of nitrogens with two attached hydrogens (primary N) is 1. The Balaban J connectivity index is 0.00000161. The number of amides is 1. The van der Waals surface area contributed by atoms with Crippen LogP contribution in [0, 0.1) is 11.3 Å². The lowest BCUT2D eigenvalue weighted by Gasteiger charge is -2.33. The van der Waals surface area contributed by atoms with E-state index in [4.69, 9.17) is 10.5 Å². The van der Waals surface area contributed by atoms with Crippen molar-refractivity contribution >= 4 is 18.3 Å². The van der Waals surface area contributed by atoms with Crippen LogP contribution in [0.5, 0.6) is 0 Å². The average Bonchev–Trinajstić information content (AvgIpc) is 2.86. The Bertz CT molecular complexity index is 358. The molecule has 2 unspecified atom stereocenters. The number of likely N-dealkylation sites (tertiary alicyclic amines) is 1. The maximum absolute atomic E-state index is 12.5. The van der Waals surface area contributed by atoms with Gasteiger partial charge in [-0.15, -0.1) is 12.4 Å². The van der Waals surface area contributed by atoms with Gasteiger partial charge in [0.25, 0.3) is 0 Å². The van der Waals surface area contributed by atoms with Gasteiger partial charge in [-0.3, -0.25) is 4.79 Å². The molecule has 122 valence electrons. The molecule has 5 heteroatoms. The molecule has 4 nitrogen and oxygen atoms in total. The summed E-state index contributed by atoms with van der Waals surface area (Å²) in [5.41, 5.74) is 6.54. The number of hydrogen-bond donors (Lipinski definition) is 1. The van der Waals surface area contributed by atoms with Gasteiger partial charge < -0.3 is 15.4 Å². The fourth-order valence-electron chi connectivity index (χ4n) is 4.20. The van der Waals surface area contributed by atoms with Crippen LogP contribution >= 0.6 is 12.4 Å². The summed E-state index contributed by atoms with van der Waals surface area (Å²) in [7, 11) is 0. The zero-order chi connectivity index (χ0) is 14.0. The van der Waals surface area contributed by atoms with Crippen LogP contribution in [0.15, 0.2) is 0 Å². The molecule has 0 aromatic rings. The molecule has 1 amide bonds. The van der Waals surface area contributed by atoms with Gasteiger partial charge in [0.2, 0.25) is 5.91 Å². The number of nitrogens with zero attached hydrogens (tertiary/aromatic N) is 1. The Hall–Kier alpha value is -0.320. The molecule has 0 bridgehead atoms. The number of carbonyl (C=O) groups is 1. The third-order valence-electron chi connectivity index (χ3n) is 5.75. The van der Waals surface area contributed by atoms with Gasteiger partial charge in [-0.25, -0.2) is 0 Å². The molecular formula is C16H29ClN2O2. The van der Waals surface area contributed by atoms with Crippen LogP contribution in [0.4, 0.5) is 0 Å². The summed E-state index contributed by atoms with van der Waals surface area (Å²) >= 11 is 0. The van der Waals surface area contributed by atoms with E-state index < -0.39 is 0 Å². The Kier molecular flexibility index (Phi) is 5.92. The van der Waals surface area contributed by atoms with E-state index >= 15 is 0 Å². The molecule has 1 saturated carbocycles. The van der Waals surface area contributed by atoms with Crippen molar-refractivity contribution in [1.29, 1.82) is 0 Å². The van der Waals surface area contributed by atoms with Crippen molar-refractivity contribution in [3.63, 3.8) is 0 Å². The highest BCUT2D eigenvalue weighted by Crippen LogP contribution is 2.40. The Morgan fingerprint density at radius 3 is 2.62 bits per heavy atom. The van der Waals surface area contributed by atoms with E-state index in [1.54, 1.807) is 0 Å². The van der Waals surface area contributed by atoms with Gasteiger partial charge in [0.05, 0.1) is 0 Å². The highest BCUT2D eigenvalue weighted by atomic mass is 35.5. The normalized spacial score (nSPS) is 32.0. The third kappa shape index (κ3) is 3.91. The van der Waals surface area contributed by atoms with E-state index in [-0.39, 0.29) is 18.4 Å². The molecule has 1 spiro atoms. The van der Waals surface area contributed by atoms with Crippen molar-refractivity contribution in [2.75, 3.05) is 26.3 Å². The fraction of sp³-hybridized carbons (Fsp3) is 0.938. The Labute approximate surface area is 134 Å². The van der Waals surface area contributed by atoms with Crippen LogP contribution in [0.25, 0.3) is 0 Å². The predicted octanol–water partition coefficient (Wildman–Crippen LogP) is 2.34. The molecule has 2 N–H and O–H groups in total. The van der Waals surface area contributed by atoms with Crippen molar-refractivity contribution in [3.05, 3.63) is 0 Å². The molecule has 2 atom stereocenters. The zero-order valence-corrected chi connectivity index (χ0v) is 13.7. The van der Waals surface area contributed by atoms with Crippen LogP contribution in [-0.4, -0.2) is 43.2 Å². The summed E-state index contributed by atoms with van der Waals surface area (Å²) in [6, 6.07) is 0.243. The maximum Gasteiger partial charge on any atom is 0.222 e. The minimum absolute atomic E-state index is 0. The molecular weight excluding hydrogens is 288 g/mol. The van der Waals surface area contributed by atoms with Crippen molar-refractivity contribution in [2.45, 2.75) is 57.4 Å². The molecule has 2 heterocycles. The molecule has 1 aliphatic carbocycles. The first-order valence-corrected chi connectivity index (χ1v) is 8.30. The predicted molar refractivity (Wildman–Crippen MR) is 85.5 cm³/mol. The summed E-state index contributed by atoms with van der Waals surface area (Å²) in [4.78, 5) is 14.6. The van der Waals surface area contributed by atoms with Crippen molar-refractivity contribution in [2.24, 2.45) is 17.1 Å². The summed E-state index contributed by atoms with van der Waals surface area (Å²) in [6.07, 6.45) is 8.80. The third-order valence-corrected chi connectivity index (χ3v) is 5.75. The Morgan fingerprint density at radius 1 is 1.19 bits per heavy atom. The van der Waals surface area contributed by atoms with Crippen molar-refractivity contribution in [1.82, 2.24) is 4.90 Å². The summed E-state index contributed by atoms with van der Waals surface area (Å²) in [5, 5.41) is 0. The summed E-state index contributed by atoms with van der Waals surface area (Å²) in [6.45, 7) is 3.64. The summed E-state index contributed by atoms with van der Waals surface area (Å²) in [5.74, 6) is 0.762. The van der Waals surface area contributed by atoms with Crippen LogP contribution in [0.3, 0.4) is 0 Å². The van der Waals surface area contributed by atoms with Gasteiger partial charge in [0.15, 0.2) is 0 Å². The largest absolute Gasteiger partial charge is 0.381 e. The minimum Gasteiger partial charge on any atom is -0.381 e. The van der Waals surface area contributed by atoms with E-state index in [9.17, 15) is 4.79 Å². The van der Waals surface area contributed by atoms with E-state index in [0.717, 1.165) is 52.0 Å². The summed E-state index contributed by atoms with van der Waals surface area (Å²) < 4.78 is 5.47. The first kappa shape index (κ1) is 17.0. The van der Waals surface area contributed by atoms with Crippen LogP contribution in [-0.2, 0) is 9.53 Å². The van der Waals surface area contributed by atoms with E-state index in [1.807, 2.05) is 0 Å². The zero-order valence-electron chi connectivity index (χ0n) is 12.9. The quantitative estimate of drug-likeness (QED) is 0.850. The smallest absolute Gasteiger partial charge is 0.222 e. The first-order chi connectivity index (χ1) is 9.69. The fourth-order valence-corrected chi connectivity index (χ4v) is 4.20. The second-order valence-corrected chi connectivity index (χ2v) is 7.09. The number of hydrogen-bond acceptors (Lipinski definition) is 3. The minimum atomic E-state index is 0. The van der Waals surface area contributed by atoms with Crippen LogP contribution < -0.4 is 5.73 Å². The highest BCUT2D eigenvalue weighted by molar-refractivity contribution is 5.85. The molecule has 3 aliphatic rings. The molecule has 0 radical (unpaired) electrons. The van der Waals surface area contributed by atoms with Crippen LogP contribution in [0.1, 0.15) is 51.4 Å². The standard InChI is InChI=1S/C16H28N2O2.ClH/c17-14-4-2-1-3-13(14)11-15(19)18-8-5-16(12-18)6-9-20-10-7-16;/h13-14H,1-12,17H2;1H.